The molecule has 0 radical (unpaired) electrons. The van der Waals surface area contributed by atoms with Crippen molar-refractivity contribution in [1.82, 2.24) is 10.2 Å². The Labute approximate surface area is 119 Å². The molecular weight excluding hydrogens is 263 g/mol. The third-order valence-electron chi connectivity index (χ3n) is 3.73. The minimum atomic E-state index is -0.332. The number of hydrogen-bond acceptors (Lipinski definition) is 2. The van der Waals surface area contributed by atoms with E-state index in [0.717, 1.165) is 25.2 Å². The molecule has 0 spiro atoms. The normalized spacial score (nSPS) is 21.6. The Morgan fingerprint density at radius 1 is 1.42 bits per heavy atom. The summed E-state index contributed by atoms with van der Waals surface area (Å²) in [5.41, 5.74) is 1.10. The summed E-state index contributed by atoms with van der Waals surface area (Å²) in [6.45, 7) is 10.3. The fourth-order valence-electron chi connectivity index (χ4n) is 2.45. The molecular formula is C15H22ClFN2. The zero-order valence-corrected chi connectivity index (χ0v) is 12.6. The summed E-state index contributed by atoms with van der Waals surface area (Å²) >= 11 is 6.02. The third-order valence-corrected chi connectivity index (χ3v) is 4.15. The van der Waals surface area contributed by atoms with E-state index >= 15 is 0 Å². The van der Waals surface area contributed by atoms with Crippen molar-refractivity contribution in [2.24, 2.45) is 5.41 Å². The van der Waals surface area contributed by atoms with Crippen molar-refractivity contribution in [3.63, 3.8) is 0 Å². The highest BCUT2D eigenvalue weighted by molar-refractivity contribution is 6.31. The van der Waals surface area contributed by atoms with Crippen molar-refractivity contribution in [2.45, 2.75) is 33.4 Å². The van der Waals surface area contributed by atoms with Crippen LogP contribution >= 0.6 is 11.6 Å². The van der Waals surface area contributed by atoms with Crippen LogP contribution in [0.3, 0.4) is 0 Å². The van der Waals surface area contributed by atoms with Gasteiger partial charge < -0.3 is 5.32 Å². The van der Waals surface area contributed by atoms with E-state index in [-0.39, 0.29) is 16.3 Å². The van der Waals surface area contributed by atoms with Gasteiger partial charge >= 0.3 is 0 Å². The Morgan fingerprint density at radius 2 is 2.16 bits per heavy atom. The number of benzene rings is 1. The fraction of sp³-hybridized carbons (Fsp3) is 0.600. The summed E-state index contributed by atoms with van der Waals surface area (Å²) in [6, 6.07) is 5.48. The average molecular weight is 285 g/mol. The second-order valence-corrected chi connectivity index (χ2v) is 6.70. The van der Waals surface area contributed by atoms with Crippen LogP contribution in [0.5, 0.6) is 0 Å². The van der Waals surface area contributed by atoms with Gasteiger partial charge in [-0.1, -0.05) is 44.5 Å². The maximum absolute atomic E-state index is 13.4. The first-order chi connectivity index (χ1) is 8.88. The number of nitrogens with zero attached hydrogens (tertiary/aromatic N) is 1. The number of rotatable bonds is 2. The molecule has 2 nitrogen and oxygen atoms in total. The summed E-state index contributed by atoms with van der Waals surface area (Å²) in [4.78, 5) is 2.34. The number of nitrogens with one attached hydrogen (secondary N) is 1. The number of piperazine rings is 1. The van der Waals surface area contributed by atoms with Crippen molar-refractivity contribution in [2.75, 3.05) is 19.6 Å². The molecule has 1 N–H and O–H groups in total. The summed E-state index contributed by atoms with van der Waals surface area (Å²) in [6.07, 6.45) is 0. The SMILES string of the molecule is CC(C)(C)C1CN(Cc2cccc(F)c2Cl)CCN1. The average Bonchev–Trinajstić information content (AvgIpc) is 2.34. The van der Waals surface area contributed by atoms with Crippen molar-refractivity contribution in [1.29, 1.82) is 0 Å². The van der Waals surface area contributed by atoms with E-state index in [0.29, 0.717) is 12.6 Å². The van der Waals surface area contributed by atoms with Crippen LogP contribution in [-0.4, -0.2) is 30.6 Å². The van der Waals surface area contributed by atoms with Crippen molar-refractivity contribution < 1.29 is 4.39 Å². The first-order valence-electron chi connectivity index (χ1n) is 6.76. The lowest BCUT2D eigenvalue weighted by molar-refractivity contribution is 0.129. The zero-order chi connectivity index (χ0) is 14.0. The molecule has 106 valence electrons. The standard InChI is InChI=1S/C15H22ClFN2/c1-15(2,3)13-10-19(8-7-18-13)9-11-5-4-6-12(17)14(11)16/h4-6,13,18H,7-10H2,1-3H3. The highest BCUT2D eigenvalue weighted by Crippen LogP contribution is 2.25. The molecule has 0 bridgehead atoms. The molecule has 0 aromatic heterocycles. The van der Waals surface area contributed by atoms with Crippen LogP contribution in [0.25, 0.3) is 0 Å². The van der Waals surface area contributed by atoms with Gasteiger partial charge in [-0.2, -0.15) is 0 Å². The molecule has 4 heteroatoms. The van der Waals surface area contributed by atoms with E-state index in [2.05, 4.69) is 31.0 Å². The van der Waals surface area contributed by atoms with Gasteiger partial charge in [0.05, 0.1) is 5.02 Å². The highest BCUT2D eigenvalue weighted by atomic mass is 35.5. The molecule has 1 aliphatic rings. The minimum absolute atomic E-state index is 0.227. The Kier molecular flexibility index (Phi) is 4.49. The molecule has 1 fully saturated rings. The summed E-state index contributed by atoms with van der Waals surface area (Å²) in [5.74, 6) is -0.332. The van der Waals surface area contributed by atoms with E-state index in [1.165, 1.54) is 6.07 Å². The van der Waals surface area contributed by atoms with Gasteiger partial charge in [-0.15, -0.1) is 0 Å². The largest absolute Gasteiger partial charge is 0.311 e. The number of halogens is 2. The van der Waals surface area contributed by atoms with E-state index < -0.39 is 0 Å². The molecule has 0 saturated carbocycles. The first-order valence-corrected chi connectivity index (χ1v) is 7.14. The summed E-state index contributed by atoms with van der Waals surface area (Å²) < 4.78 is 13.4. The van der Waals surface area contributed by atoms with E-state index in [1.807, 2.05) is 6.07 Å². The highest BCUT2D eigenvalue weighted by Gasteiger charge is 2.29. The Morgan fingerprint density at radius 3 is 2.84 bits per heavy atom. The maximum atomic E-state index is 13.4. The Balaban J connectivity index is 2.05. The van der Waals surface area contributed by atoms with E-state index in [4.69, 9.17) is 11.6 Å². The molecule has 1 aromatic carbocycles. The van der Waals surface area contributed by atoms with Crippen LogP contribution in [0, 0.1) is 11.2 Å². The second kappa shape index (κ2) is 5.78. The molecule has 1 unspecified atom stereocenters. The predicted molar refractivity (Wildman–Crippen MR) is 77.9 cm³/mol. The molecule has 0 amide bonds. The monoisotopic (exact) mass is 284 g/mol. The van der Waals surface area contributed by atoms with Gasteiger partial charge in [0.25, 0.3) is 0 Å². The lowest BCUT2D eigenvalue weighted by Crippen LogP contribution is -2.55. The van der Waals surface area contributed by atoms with Gasteiger partial charge in [-0.05, 0) is 17.0 Å². The molecule has 1 heterocycles. The quantitative estimate of drug-likeness (QED) is 0.896. The molecule has 1 saturated heterocycles. The van der Waals surface area contributed by atoms with Crippen LogP contribution in [0.15, 0.2) is 18.2 Å². The molecule has 2 rings (SSSR count). The molecule has 1 atom stereocenters. The molecule has 1 aromatic rings. The summed E-state index contributed by atoms with van der Waals surface area (Å²) in [7, 11) is 0. The predicted octanol–water partition coefficient (Wildman–Crippen LogP) is 3.30. The molecule has 19 heavy (non-hydrogen) atoms. The second-order valence-electron chi connectivity index (χ2n) is 6.32. The molecule has 0 aliphatic carbocycles. The van der Waals surface area contributed by atoms with Crippen molar-refractivity contribution in [3.8, 4) is 0 Å². The van der Waals surface area contributed by atoms with Gasteiger partial charge in [0, 0.05) is 32.2 Å². The Hall–Kier alpha value is -0.640. The van der Waals surface area contributed by atoms with Gasteiger partial charge in [0.1, 0.15) is 5.82 Å². The minimum Gasteiger partial charge on any atom is -0.311 e. The van der Waals surface area contributed by atoms with Gasteiger partial charge in [0.2, 0.25) is 0 Å². The van der Waals surface area contributed by atoms with Crippen molar-refractivity contribution in [3.05, 3.63) is 34.6 Å². The first kappa shape index (κ1) is 14.8. The lowest BCUT2D eigenvalue weighted by atomic mass is 9.85. The van der Waals surface area contributed by atoms with Crippen LogP contribution in [0.2, 0.25) is 5.02 Å². The topological polar surface area (TPSA) is 15.3 Å². The Bertz CT molecular complexity index is 442. The zero-order valence-electron chi connectivity index (χ0n) is 11.8. The van der Waals surface area contributed by atoms with Gasteiger partial charge in [-0.25, -0.2) is 4.39 Å². The van der Waals surface area contributed by atoms with E-state index in [1.54, 1.807) is 6.07 Å². The van der Waals surface area contributed by atoms with Crippen LogP contribution in [0.1, 0.15) is 26.3 Å². The van der Waals surface area contributed by atoms with Gasteiger partial charge in [0.15, 0.2) is 0 Å². The smallest absolute Gasteiger partial charge is 0.142 e. The summed E-state index contributed by atoms with van der Waals surface area (Å²) in [5, 5.41) is 3.81. The lowest BCUT2D eigenvalue weighted by Gasteiger charge is -2.40. The third kappa shape index (κ3) is 3.68. The van der Waals surface area contributed by atoms with Crippen LogP contribution in [0.4, 0.5) is 4.39 Å². The number of hydrogen-bond donors (Lipinski definition) is 1. The van der Waals surface area contributed by atoms with Gasteiger partial charge in [-0.3, -0.25) is 4.90 Å². The maximum Gasteiger partial charge on any atom is 0.142 e. The van der Waals surface area contributed by atoms with Crippen LogP contribution < -0.4 is 5.32 Å². The van der Waals surface area contributed by atoms with Crippen LogP contribution in [-0.2, 0) is 6.54 Å². The molecule has 1 aliphatic heterocycles. The fourth-order valence-corrected chi connectivity index (χ4v) is 2.63. The van der Waals surface area contributed by atoms with Crippen molar-refractivity contribution >= 4 is 11.6 Å². The van der Waals surface area contributed by atoms with E-state index in [9.17, 15) is 4.39 Å².